The average Bonchev–Trinajstić information content (AvgIpc) is 2.66. The lowest BCUT2D eigenvalue weighted by atomic mass is 9.44. The third-order valence-electron chi connectivity index (χ3n) is 6.33. The average molecular weight is 422 g/mol. The maximum atomic E-state index is 13.6. The van der Waals surface area contributed by atoms with Crippen LogP contribution in [0.1, 0.15) is 37.7 Å². The van der Waals surface area contributed by atoms with E-state index in [1.54, 1.807) is 30.8 Å². The molecule has 4 aliphatic rings. The van der Waals surface area contributed by atoms with E-state index < -0.39 is 0 Å². The molecule has 0 radical (unpaired) electrons. The minimum atomic E-state index is -0.350. The van der Waals surface area contributed by atoms with E-state index in [2.05, 4.69) is 16.0 Å². The molecule has 2 atom stereocenters. The van der Waals surface area contributed by atoms with Crippen LogP contribution in [-0.4, -0.2) is 47.7 Å². The molecule has 1 aromatic carbocycles. The van der Waals surface area contributed by atoms with Crippen LogP contribution in [0.25, 0.3) is 0 Å². The number of thioether (sulfide) groups is 1. The lowest BCUT2D eigenvalue weighted by Crippen LogP contribution is -2.84. The summed E-state index contributed by atoms with van der Waals surface area (Å²) in [5, 5.41) is 9.85. The van der Waals surface area contributed by atoms with Crippen molar-refractivity contribution >= 4 is 23.6 Å². The van der Waals surface area contributed by atoms with Crippen LogP contribution in [0.5, 0.6) is 5.75 Å². The third kappa shape index (κ3) is 4.10. The highest BCUT2D eigenvalue weighted by molar-refractivity contribution is 7.99. The SMILES string of the molecule is CSC1NCCCC1C(=O)NC12CC(NC(=O)COc3ccc(C)c(F)c3)(C1)C2. The summed E-state index contributed by atoms with van der Waals surface area (Å²) in [5.41, 5.74) is 0.151. The number of carbonyl (C=O) groups excluding carboxylic acids is 2. The maximum absolute atomic E-state index is 13.6. The van der Waals surface area contributed by atoms with Crippen molar-refractivity contribution in [2.75, 3.05) is 19.4 Å². The van der Waals surface area contributed by atoms with E-state index in [4.69, 9.17) is 4.74 Å². The molecule has 0 aromatic heterocycles. The van der Waals surface area contributed by atoms with E-state index in [0.29, 0.717) is 11.3 Å². The number of halogens is 1. The van der Waals surface area contributed by atoms with Gasteiger partial charge in [0.15, 0.2) is 6.61 Å². The minimum absolute atomic E-state index is 0.00150. The first-order chi connectivity index (χ1) is 13.8. The summed E-state index contributed by atoms with van der Waals surface area (Å²) >= 11 is 1.69. The molecule has 3 aliphatic carbocycles. The van der Waals surface area contributed by atoms with Crippen molar-refractivity contribution in [3.8, 4) is 5.75 Å². The second kappa shape index (κ2) is 7.80. The number of amides is 2. The summed E-state index contributed by atoms with van der Waals surface area (Å²) in [4.78, 5) is 25.0. The number of hydrogen-bond donors (Lipinski definition) is 3. The Morgan fingerprint density at radius 1 is 1.28 bits per heavy atom. The minimum Gasteiger partial charge on any atom is -0.484 e. The maximum Gasteiger partial charge on any atom is 0.258 e. The van der Waals surface area contributed by atoms with E-state index in [-0.39, 0.29) is 46.6 Å². The molecule has 3 N–H and O–H groups in total. The molecule has 6 nitrogen and oxygen atoms in total. The van der Waals surface area contributed by atoms with Crippen LogP contribution in [0, 0.1) is 18.7 Å². The first-order valence-corrected chi connectivity index (χ1v) is 11.4. The second-order valence-electron chi connectivity index (χ2n) is 8.69. The number of piperidine rings is 1. The molecule has 0 spiro atoms. The van der Waals surface area contributed by atoms with Crippen molar-refractivity contribution < 1.29 is 18.7 Å². The molecule has 1 aliphatic heterocycles. The van der Waals surface area contributed by atoms with Gasteiger partial charge in [-0.05, 0) is 63.5 Å². The molecular weight excluding hydrogens is 393 g/mol. The molecule has 29 heavy (non-hydrogen) atoms. The highest BCUT2D eigenvalue weighted by Crippen LogP contribution is 2.60. The molecule has 158 valence electrons. The van der Waals surface area contributed by atoms with E-state index in [1.807, 2.05) is 6.26 Å². The Bertz CT molecular complexity index is 799. The zero-order valence-electron chi connectivity index (χ0n) is 16.8. The molecule has 2 bridgehead atoms. The number of rotatable bonds is 7. The second-order valence-corrected chi connectivity index (χ2v) is 9.67. The molecule has 1 saturated heterocycles. The normalized spacial score (nSPS) is 32.5. The van der Waals surface area contributed by atoms with Crippen molar-refractivity contribution in [2.45, 2.75) is 55.5 Å². The summed E-state index contributed by atoms with van der Waals surface area (Å²) in [6, 6.07) is 4.56. The van der Waals surface area contributed by atoms with Crippen molar-refractivity contribution in [3.05, 3.63) is 29.6 Å². The van der Waals surface area contributed by atoms with Gasteiger partial charge in [-0.15, -0.1) is 11.8 Å². The van der Waals surface area contributed by atoms with Gasteiger partial charge in [0, 0.05) is 17.1 Å². The Labute approximate surface area is 174 Å². The van der Waals surface area contributed by atoms with Gasteiger partial charge in [0.25, 0.3) is 5.91 Å². The van der Waals surface area contributed by atoms with Crippen molar-refractivity contribution in [3.63, 3.8) is 0 Å². The molecule has 8 heteroatoms. The van der Waals surface area contributed by atoms with Gasteiger partial charge in [0.2, 0.25) is 5.91 Å². The number of aryl methyl sites for hydroxylation is 1. The van der Waals surface area contributed by atoms with Gasteiger partial charge in [0.05, 0.1) is 11.3 Å². The standard InChI is InChI=1S/C21H28FN3O3S/c1-13-5-6-14(8-16(13)22)28-9-17(26)24-20-10-21(11-20,12-20)25-18(27)15-4-3-7-23-19(15)29-2/h5-6,8,15,19,23H,3-4,7,9-12H2,1-2H3,(H,24,26)(H,25,27). The zero-order valence-corrected chi connectivity index (χ0v) is 17.7. The Balaban J connectivity index is 1.22. The third-order valence-corrected chi connectivity index (χ3v) is 7.33. The quantitative estimate of drug-likeness (QED) is 0.629. The van der Waals surface area contributed by atoms with Gasteiger partial charge in [-0.1, -0.05) is 6.07 Å². The summed E-state index contributed by atoms with van der Waals surface area (Å²) in [7, 11) is 0. The van der Waals surface area contributed by atoms with Gasteiger partial charge in [0.1, 0.15) is 11.6 Å². The highest BCUT2D eigenvalue weighted by Gasteiger charge is 2.69. The summed E-state index contributed by atoms with van der Waals surface area (Å²) in [5.74, 6) is -0.0991. The Morgan fingerprint density at radius 3 is 2.69 bits per heavy atom. The number of nitrogens with one attached hydrogen (secondary N) is 3. The Morgan fingerprint density at radius 2 is 2.00 bits per heavy atom. The molecule has 2 amide bonds. The molecule has 2 unspecified atom stereocenters. The highest BCUT2D eigenvalue weighted by atomic mass is 32.2. The Kier molecular flexibility index (Phi) is 5.50. The van der Waals surface area contributed by atoms with Crippen LogP contribution in [0.2, 0.25) is 0 Å². The molecule has 1 aromatic rings. The van der Waals surface area contributed by atoms with Gasteiger partial charge in [-0.25, -0.2) is 4.39 Å². The molecule has 4 fully saturated rings. The Hall–Kier alpha value is -1.80. The van der Waals surface area contributed by atoms with Crippen molar-refractivity contribution in [2.24, 2.45) is 5.92 Å². The van der Waals surface area contributed by atoms with Crippen LogP contribution >= 0.6 is 11.8 Å². The van der Waals surface area contributed by atoms with Gasteiger partial charge < -0.3 is 20.7 Å². The lowest BCUT2D eigenvalue weighted by Gasteiger charge is -2.70. The monoisotopic (exact) mass is 421 g/mol. The van der Waals surface area contributed by atoms with E-state index >= 15 is 0 Å². The fourth-order valence-corrected chi connectivity index (χ4v) is 5.80. The zero-order chi connectivity index (χ0) is 20.6. The fraction of sp³-hybridized carbons (Fsp3) is 0.619. The number of carbonyl (C=O) groups is 2. The van der Waals surface area contributed by atoms with Crippen molar-refractivity contribution in [1.82, 2.24) is 16.0 Å². The first-order valence-electron chi connectivity index (χ1n) is 10.1. The van der Waals surface area contributed by atoms with Crippen LogP contribution in [0.15, 0.2) is 18.2 Å². The molecule has 3 saturated carbocycles. The number of ether oxygens (including phenoxy) is 1. The smallest absolute Gasteiger partial charge is 0.258 e. The van der Waals surface area contributed by atoms with Gasteiger partial charge >= 0.3 is 0 Å². The van der Waals surface area contributed by atoms with Crippen LogP contribution < -0.4 is 20.7 Å². The predicted octanol–water partition coefficient (Wildman–Crippen LogP) is 2.11. The summed E-state index contributed by atoms with van der Waals surface area (Å²) < 4.78 is 19.0. The van der Waals surface area contributed by atoms with Crippen molar-refractivity contribution in [1.29, 1.82) is 0 Å². The van der Waals surface area contributed by atoms with Gasteiger partial charge in [-0.2, -0.15) is 0 Å². The number of benzene rings is 1. The summed E-state index contributed by atoms with van der Waals surface area (Å²) in [6.07, 6.45) is 6.26. The molecule has 5 rings (SSSR count). The van der Waals surface area contributed by atoms with E-state index in [0.717, 1.165) is 38.6 Å². The van der Waals surface area contributed by atoms with Crippen LogP contribution in [0.4, 0.5) is 4.39 Å². The molecular formula is C21H28FN3O3S. The van der Waals surface area contributed by atoms with Crippen LogP contribution in [-0.2, 0) is 9.59 Å². The first kappa shape index (κ1) is 20.5. The van der Waals surface area contributed by atoms with E-state index in [9.17, 15) is 14.0 Å². The summed E-state index contributed by atoms with van der Waals surface area (Å²) in [6.45, 7) is 2.49. The largest absolute Gasteiger partial charge is 0.484 e. The van der Waals surface area contributed by atoms with Gasteiger partial charge in [-0.3, -0.25) is 9.59 Å². The van der Waals surface area contributed by atoms with E-state index in [1.165, 1.54) is 6.07 Å². The predicted molar refractivity (Wildman–Crippen MR) is 110 cm³/mol. The topological polar surface area (TPSA) is 79.5 Å². The fourth-order valence-electron chi connectivity index (χ4n) is 4.93. The number of hydrogen-bond acceptors (Lipinski definition) is 5. The van der Waals surface area contributed by atoms with Crippen LogP contribution in [0.3, 0.4) is 0 Å². The molecule has 1 heterocycles. The lowest BCUT2D eigenvalue weighted by molar-refractivity contribution is -0.152.